The molecule has 0 aromatic heterocycles. The number of hydrogen-bond donors (Lipinski definition) is 1. The second kappa shape index (κ2) is 41.6. The standard InChI is InChI=1S/C63H105NO15/c1-11-13-15-17-19-21-23-25-27-29-31-33-38-42-52(76-60(70)50-40-36-35-37-41-50)51(64-54(67)43-39-34-32-30-28-26-24-22-20-18-16-14-12-2)44-73-61-59(75-49(4)66)58(74-48(3)65)57(72-47-56(69)79-63(8,9)10)53(77-61)45-71-46-55(68)78-62(5,6)7/h35-38,40-42,51-53,57-59,61H,11-34,39,43-47H2,1-10H3,(H,64,67)/t51-,52+,53+,57-,58-,59+,61-/m0/s1. The van der Waals surface area contributed by atoms with Gasteiger partial charge in [-0.2, -0.15) is 0 Å². The molecule has 1 aliphatic heterocycles. The molecule has 0 unspecified atom stereocenters. The van der Waals surface area contributed by atoms with Gasteiger partial charge in [0.1, 0.15) is 42.7 Å². The normalized spacial score (nSPS) is 18.4. The number of carbonyl (C=O) groups excluding carboxylic acids is 6. The predicted octanol–water partition coefficient (Wildman–Crippen LogP) is 13.1. The summed E-state index contributed by atoms with van der Waals surface area (Å²) in [5, 5.41) is 3.10. The van der Waals surface area contributed by atoms with Crippen molar-refractivity contribution in [3.8, 4) is 0 Å². The fraction of sp³-hybridized carbons (Fsp3) is 0.778. The Morgan fingerprint density at radius 1 is 0.582 bits per heavy atom. The first-order chi connectivity index (χ1) is 37.7. The van der Waals surface area contributed by atoms with Gasteiger partial charge in [0, 0.05) is 20.3 Å². The lowest BCUT2D eigenvalue weighted by atomic mass is 9.98. The minimum absolute atomic E-state index is 0.217. The minimum atomic E-state index is -1.53. The number of esters is 5. The zero-order valence-electron chi connectivity index (χ0n) is 50.4. The van der Waals surface area contributed by atoms with Crippen molar-refractivity contribution in [1.29, 1.82) is 0 Å². The molecule has 79 heavy (non-hydrogen) atoms. The number of benzene rings is 1. The van der Waals surface area contributed by atoms with Crippen molar-refractivity contribution in [3.63, 3.8) is 0 Å². The van der Waals surface area contributed by atoms with Crippen molar-refractivity contribution < 1.29 is 71.4 Å². The third-order valence-corrected chi connectivity index (χ3v) is 13.2. The summed E-state index contributed by atoms with van der Waals surface area (Å²) in [5.74, 6) is -3.87. The Morgan fingerprint density at radius 3 is 1.54 bits per heavy atom. The molecule has 452 valence electrons. The second-order valence-electron chi connectivity index (χ2n) is 23.1. The molecule has 0 saturated carbocycles. The first-order valence-electron chi connectivity index (χ1n) is 30.2. The van der Waals surface area contributed by atoms with E-state index in [1.54, 1.807) is 78.0 Å². The predicted molar refractivity (Wildman–Crippen MR) is 306 cm³/mol. The van der Waals surface area contributed by atoms with Crippen molar-refractivity contribution in [2.45, 2.75) is 290 Å². The van der Waals surface area contributed by atoms with E-state index >= 15 is 0 Å². The van der Waals surface area contributed by atoms with Gasteiger partial charge in [-0.3, -0.25) is 14.4 Å². The van der Waals surface area contributed by atoms with Crippen molar-refractivity contribution in [2.75, 3.05) is 26.4 Å². The van der Waals surface area contributed by atoms with Gasteiger partial charge in [-0.15, -0.1) is 0 Å². The van der Waals surface area contributed by atoms with Crippen LogP contribution in [0, 0.1) is 0 Å². The highest BCUT2D eigenvalue weighted by Gasteiger charge is 2.52. The molecule has 2 rings (SSSR count). The lowest BCUT2D eigenvalue weighted by Crippen LogP contribution is -2.63. The van der Waals surface area contributed by atoms with E-state index in [0.29, 0.717) is 18.4 Å². The quantitative estimate of drug-likeness (QED) is 0.0280. The number of rotatable bonds is 43. The second-order valence-corrected chi connectivity index (χ2v) is 23.1. The van der Waals surface area contributed by atoms with Crippen LogP contribution in [0.25, 0.3) is 0 Å². The van der Waals surface area contributed by atoms with Crippen LogP contribution in [0.1, 0.15) is 247 Å². The summed E-state index contributed by atoms with van der Waals surface area (Å²) in [6.07, 6.45) is 24.8. The lowest BCUT2D eigenvalue weighted by molar-refractivity contribution is -0.314. The summed E-state index contributed by atoms with van der Waals surface area (Å²) in [4.78, 5) is 79.4. The summed E-state index contributed by atoms with van der Waals surface area (Å²) >= 11 is 0. The van der Waals surface area contributed by atoms with Gasteiger partial charge < -0.3 is 47.9 Å². The van der Waals surface area contributed by atoms with Gasteiger partial charge >= 0.3 is 29.8 Å². The van der Waals surface area contributed by atoms with Crippen LogP contribution < -0.4 is 5.32 Å². The van der Waals surface area contributed by atoms with Crippen LogP contribution in [-0.4, -0.2) is 116 Å². The van der Waals surface area contributed by atoms with E-state index in [1.807, 2.05) is 6.08 Å². The average Bonchev–Trinajstić information content (AvgIpc) is 3.39. The molecular formula is C63H105NO15. The molecule has 1 aromatic carbocycles. The Balaban J connectivity index is 2.47. The van der Waals surface area contributed by atoms with Gasteiger partial charge in [0.2, 0.25) is 5.91 Å². The van der Waals surface area contributed by atoms with Crippen LogP contribution in [0.5, 0.6) is 0 Å². The van der Waals surface area contributed by atoms with Gasteiger partial charge in [-0.05, 0) is 79.0 Å². The summed E-state index contributed by atoms with van der Waals surface area (Å²) in [6, 6.07) is 7.55. The van der Waals surface area contributed by atoms with Gasteiger partial charge in [0.15, 0.2) is 18.5 Å². The van der Waals surface area contributed by atoms with Crippen LogP contribution in [-0.2, 0) is 66.6 Å². The molecular weight excluding hydrogens is 1010 g/mol. The summed E-state index contributed by atoms with van der Waals surface area (Å²) < 4.78 is 53.6. The highest BCUT2D eigenvalue weighted by Crippen LogP contribution is 2.31. The molecule has 7 atom stereocenters. The fourth-order valence-corrected chi connectivity index (χ4v) is 9.33. The number of amides is 1. The molecule has 1 N–H and O–H groups in total. The molecule has 1 fully saturated rings. The number of nitrogens with one attached hydrogen (secondary N) is 1. The zero-order chi connectivity index (χ0) is 58.3. The van der Waals surface area contributed by atoms with Gasteiger partial charge in [0.05, 0.1) is 24.8 Å². The van der Waals surface area contributed by atoms with E-state index in [9.17, 15) is 28.8 Å². The Kier molecular flexibility index (Phi) is 37.2. The lowest BCUT2D eigenvalue weighted by Gasteiger charge is -2.45. The van der Waals surface area contributed by atoms with Crippen LogP contribution in [0.3, 0.4) is 0 Å². The maximum absolute atomic E-state index is 14.0. The Bertz CT molecular complexity index is 1860. The van der Waals surface area contributed by atoms with Gasteiger partial charge in [0.25, 0.3) is 0 Å². The molecule has 0 aliphatic carbocycles. The minimum Gasteiger partial charge on any atom is -0.458 e. The SMILES string of the molecule is CCCCCCCCCCCCCC=C[C@@H](OC(=O)c1ccccc1)[C@H](CO[C@H]1O[C@H](COCC(=O)OC(C)(C)C)[C@H](OCC(=O)OC(C)(C)C)[C@H](OC(C)=O)[C@H]1OC(C)=O)NC(=O)CCCCCCCCCCCCCCC. The Hall–Kier alpha value is -4.38. The van der Waals surface area contributed by atoms with Crippen molar-refractivity contribution >= 4 is 35.8 Å². The molecule has 1 aliphatic rings. The number of unbranched alkanes of at least 4 members (excludes halogenated alkanes) is 23. The summed E-state index contributed by atoms with van der Waals surface area (Å²) in [6.45, 7) is 15.2. The Morgan fingerprint density at radius 2 is 1.05 bits per heavy atom. The highest BCUT2D eigenvalue weighted by atomic mass is 16.7. The third kappa shape index (κ3) is 35.2. The zero-order valence-corrected chi connectivity index (χ0v) is 50.4. The van der Waals surface area contributed by atoms with Crippen LogP contribution in [0.4, 0.5) is 0 Å². The third-order valence-electron chi connectivity index (χ3n) is 13.2. The van der Waals surface area contributed by atoms with Crippen LogP contribution >= 0.6 is 0 Å². The van der Waals surface area contributed by atoms with E-state index in [4.69, 9.17) is 42.6 Å². The first-order valence-corrected chi connectivity index (χ1v) is 30.2. The van der Waals surface area contributed by atoms with E-state index in [0.717, 1.165) is 52.4 Å². The largest absolute Gasteiger partial charge is 0.458 e. The summed E-state index contributed by atoms with van der Waals surface area (Å²) in [5.41, 5.74) is -1.35. The smallest absolute Gasteiger partial charge is 0.338 e. The first kappa shape index (κ1) is 70.7. The fourth-order valence-electron chi connectivity index (χ4n) is 9.33. The van der Waals surface area contributed by atoms with E-state index in [1.165, 1.54) is 109 Å². The number of hydrogen-bond acceptors (Lipinski definition) is 15. The molecule has 0 bridgehead atoms. The monoisotopic (exact) mass is 1120 g/mol. The molecule has 0 spiro atoms. The Labute approximate surface area is 475 Å². The average molecular weight is 1120 g/mol. The molecule has 1 heterocycles. The number of allylic oxidation sites excluding steroid dienone is 1. The molecule has 1 aromatic rings. The van der Waals surface area contributed by atoms with Gasteiger partial charge in [-0.1, -0.05) is 179 Å². The van der Waals surface area contributed by atoms with E-state index in [-0.39, 0.29) is 25.5 Å². The van der Waals surface area contributed by atoms with Crippen molar-refractivity contribution in [3.05, 3.63) is 48.0 Å². The van der Waals surface area contributed by atoms with E-state index < -0.39 is 97.1 Å². The molecule has 1 amide bonds. The number of carbonyl (C=O) groups is 6. The maximum Gasteiger partial charge on any atom is 0.338 e. The molecule has 1 saturated heterocycles. The highest BCUT2D eigenvalue weighted by molar-refractivity contribution is 5.89. The van der Waals surface area contributed by atoms with Crippen molar-refractivity contribution in [2.24, 2.45) is 0 Å². The molecule has 0 radical (unpaired) electrons. The van der Waals surface area contributed by atoms with Gasteiger partial charge in [-0.25, -0.2) is 14.4 Å². The number of ether oxygens (including phenoxy) is 9. The summed E-state index contributed by atoms with van der Waals surface area (Å²) in [7, 11) is 0. The van der Waals surface area contributed by atoms with Crippen LogP contribution in [0.15, 0.2) is 42.5 Å². The molecule has 16 nitrogen and oxygen atoms in total. The van der Waals surface area contributed by atoms with E-state index in [2.05, 4.69) is 19.2 Å². The molecule has 16 heteroatoms. The maximum atomic E-state index is 14.0. The topological polar surface area (TPSA) is 198 Å². The van der Waals surface area contributed by atoms with Crippen molar-refractivity contribution in [1.82, 2.24) is 5.32 Å². The van der Waals surface area contributed by atoms with Crippen LogP contribution in [0.2, 0.25) is 0 Å².